The van der Waals surface area contributed by atoms with Crippen LogP contribution in [0.1, 0.15) is 1.43 Å². The van der Waals surface area contributed by atoms with Gasteiger partial charge in [-0.15, -0.1) is 0 Å². The van der Waals surface area contributed by atoms with Crippen LogP contribution in [0.25, 0.3) is 0 Å². The molecular formula is C5H6NNaO. The predicted molar refractivity (Wildman–Crippen MR) is 28.2 cm³/mol. The maximum absolute atomic E-state index is 10.2. The van der Waals surface area contributed by atoms with Crippen molar-refractivity contribution in [2.24, 2.45) is 0 Å². The first-order valence-corrected chi connectivity index (χ1v) is 2.03. The molecule has 0 aliphatic rings. The molecule has 0 radical (unpaired) electrons. The van der Waals surface area contributed by atoms with Gasteiger partial charge in [0.2, 0.25) is 5.56 Å². The van der Waals surface area contributed by atoms with Crippen LogP contribution in [0.2, 0.25) is 0 Å². The molecule has 0 aliphatic carbocycles. The summed E-state index contributed by atoms with van der Waals surface area (Å²) >= 11 is 0. The maximum atomic E-state index is 10.2. The van der Waals surface area contributed by atoms with Crippen LogP contribution < -0.4 is 35.1 Å². The van der Waals surface area contributed by atoms with Gasteiger partial charge in [0, 0.05) is 12.3 Å². The smallest absolute Gasteiger partial charge is 1.00 e. The summed E-state index contributed by atoms with van der Waals surface area (Å²) in [6.07, 6.45) is 1.60. The van der Waals surface area contributed by atoms with E-state index in [9.17, 15) is 4.79 Å². The summed E-state index contributed by atoms with van der Waals surface area (Å²) in [7, 11) is 0. The second kappa shape index (κ2) is 3.89. The van der Waals surface area contributed by atoms with E-state index in [1.165, 1.54) is 6.07 Å². The molecule has 0 aliphatic heterocycles. The van der Waals surface area contributed by atoms with Crippen LogP contribution in [-0.2, 0) is 0 Å². The molecule has 0 aromatic carbocycles. The molecule has 1 N–H and O–H groups in total. The van der Waals surface area contributed by atoms with E-state index < -0.39 is 0 Å². The topological polar surface area (TPSA) is 32.9 Å². The third-order valence-corrected chi connectivity index (χ3v) is 0.681. The first-order valence-electron chi connectivity index (χ1n) is 2.03. The first kappa shape index (κ1) is 7.95. The van der Waals surface area contributed by atoms with Gasteiger partial charge >= 0.3 is 29.6 Å². The Morgan fingerprint density at radius 1 is 1.50 bits per heavy atom. The van der Waals surface area contributed by atoms with Gasteiger partial charge in [0.05, 0.1) is 0 Å². The van der Waals surface area contributed by atoms with Crippen molar-refractivity contribution >= 4 is 0 Å². The molecule has 0 unspecified atom stereocenters. The summed E-state index contributed by atoms with van der Waals surface area (Å²) in [4.78, 5) is 12.7. The summed E-state index contributed by atoms with van der Waals surface area (Å²) in [5.74, 6) is 0. The molecular weight excluding hydrogens is 113 g/mol. The van der Waals surface area contributed by atoms with Gasteiger partial charge in [0.1, 0.15) is 0 Å². The van der Waals surface area contributed by atoms with Crippen molar-refractivity contribution in [3.63, 3.8) is 0 Å². The molecule has 0 atom stereocenters. The largest absolute Gasteiger partial charge is 1.00 e. The Hall–Kier alpha value is -0.0500. The van der Waals surface area contributed by atoms with Gasteiger partial charge in [0.15, 0.2) is 0 Å². The molecule has 3 heteroatoms. The van der Waals surface area contributed by atoms with Crippen molar-refractivity contribution in [3.8, 4) is 0 Å². The molecule has 1 rings (SSSR count). The Morgan fingerprint density at radius 2 is 2.25 bits per heavy atom. The van der Waals surface area contributed by atoms with Crippen LogP contribution in [0.3, 0.4) is 0 Å². The third-order valence-electron chi connectivity index (χ3n) is 0.681. The van der Waals surface area contributed by atoms with Gasteiger partial charge in [-0.05, 0) is 6.07 Å². The molecule has 0 saturated carbocycles. The average Bonchev–Trinajstić information content (AvgIpc) is 1.69. The number of H-pyrrole nitrogens is 1. The quantitative estimate of drug-likeness (QED) is 0.376. The average molecular weight is 119 g/mol. The minimum absolute atomic E-state index is 0. The van der Waals surface area contributed by atoms with E-state index >= 15 is 0 Å². The third kappa shape index (κ3) is 2.31. The molecule has 1 heterocycles. The standard InChI is InChI=1S/C5H5NO.Na.H/c7-5-3-1-2-4-6-5;;/h1-4H,(H,6,7);;/q;+1;-1. The molecule has 1 aromatic heterocycles. The van der Waals surface area contributed by atoms with Gasteiger partial charge < -0.3 is 6.41 Å². The number of hydrogen-bond donors (Lipinski definition) is 1. The van der Waals surface area contributed by atoms with Crippen molar-refractivity contribution in [1.29, 1.82) is 0 Å². The van der Waals surface area contributed by atoms with E-state index in [4.69, 9.17) is 0 Å². The zero-order valence-corrected chi connectivity index (χ0v) is 6.72. The minimum atomic E-state index is -0.0532. The number of pyridine rings is 1. The van der Waals surface area contributed by atoms with Gasteiger partial charge in [-0.25, -0.2) is 0 Å². The van der Waals surface area contributed by atoms with Crippen LogP contribution in [-0.4, -0.2) is 4.98 Å². The number of nitrogens with one attached hydrogen (secondary N) is 1. The molecule has 8 heavy (non-hydrogen) atoms. The van der Waals surface area contributed by atoms with Crippen molar-refractivity contribution in [1.82, 2.24) is 4.98 Å². The SMILES string of the molecule is O=c1cccc[nH]1.[H-].[Na+]. The number of aromatic nitrogens is 1. The minimum Gasteiger partial charge on any atom is -1.00 e. The predicted octanol–water partition coefficient (Wildman–Crippen LogP) is -2.51. The summed E-state index contributed by atoms with van der Waals surface area (Å²) in [6, 6.07) is 4.93. The van der Waals surface area contributed by atoms with Crippen LogP contribution >= 0.6 is 0 Å². The zero-order valence-electron chi connectivity index (χ0n) is 5.72. The van der Waals surface area contributed by atoms with Crippen LogP contribution in [0.5, 0.6) is 0 Å². The normalized spacial score (nSPS) is 7.50. The van der Waals surface area contributed by atoms with Crippen molar-refractivity contribution in [2.45, 2.75) is 0 Å². The second-order valence-electron chi connectivity index (χ2n) is 1.23. The Morgan fingerprint density at radius 3 is 2.50 bits per heavy atom. The molecule has 2 nitrogen and oxygen atoms in total. The van der Waals surface area contributed by atoms with Gasteiger partial charge in [-0.2, -0.15) is 0 Å². The summed E-state index contributed by atoms with van der Waals surface area (Å²) in [6.45, 7) is 0. The zero-order chi connectivity index (χ0) is 5.11. The van der Waals surface area contributed by atoms with Crippen molar-refractivity contribution in [3.05, 3.63) is 34.7 Å². The number of aromatic amines is 1. The molecule has 0 bridgehead atoms. The molecule has 0 saturated heterocycles. The van der Waals surface area contributed by atoms with Crippen LogP contribution in [0, 0.1) is 0 Å². The van der Waals surface area contributed by atoms with E-state index in [0.29, 0.717) is 0 Å². The summed E-state index contributed by atoms with van der Waals surface area (Å²) in [5.41, 5.74) is -0.0532. The molecule has 0 spiro atoms. The Labute approximate surface area is 70.7 Å². The monoisotopic (exact) mass is 119 g/mol. The fraction of sp³-hybridized carbons (Fsp3) is 0. The summed E-state index contributed by atoms with van der Waals surface area (Å²) < 4.78 is 0. The van der Waals surface area contributed by atoms with E-state index in [1.54, 1.807) is 18.3 Å². The number of hydrogen-bond acceptors (Lipinski definition) is 1. The molecule has 1 aromatic rings. The van der Waals surface area contributed by atoms with Gasteiger partial charge in [0.25, 0.3) is 0 Å². The van der Waals surface area contributed by atoms with E-state index in [2.05, 4.69) is 4.98 Å². The fourth-order valence-corrected chi connectivity index (χ4v) is 0.377. The fourth-order valence-electron chi connectivity index (χ4n) is 0.377. The second-order valence-corrected chi connectivity index (χ2v) is 1.23. The number of rotatable bonds is 0. The van der Waals surface area contributed by atoms with Crippen LogP contribution in [0.4, 0.5) is 0 Å². The Kier molecular flexibility index (Phi) is 3.87. The Balaban J connectivity index is 0. The first-order chi connectivity index (χ1) is 3.39. The van der Waals surface area contributed by atoms with Crippen molar-refractivity contribution in [2.75, 3.05) is 0 Å². The molecule has 0 amide bonds. The van der Waals surface area contributed by atoms with Crippen molar-refractivity contribution < 1.29 is 31.0 Å². The van der Waals surface area contributed by atoms with Gasteiger partial charge in [-0.1, -0.05) is 6.07 Å². The maximum Gasteiger partial charge on any atom is 1.00 e. The van der Waals surface area contributed by atoms with E-state index in [0.717, 1.165) is 0 Å². The summed E-state index contributed by atoms with van der Waals surface area (Å²) in [5, 5.41) is 0. The van der Waals surface area contributed by atoms with E-state index in [1.807, 2.05) is 0 Å². The van der Waals surface area contributed by atoms with Gasteiger partial charge in [-0.3, -0.25) is 4.79 Å². The molecule has 0 fully saturated rings. The Bertz CT molecular complexity index is 183. The van der Waals surface area contributed by atoms with Crippen LogP contribution in [0.15, 0.2) is 29.2 Å². The van der Waals surface area contributed by atoms with E-state index in [-0.39, 0.29) is 36.5 Å². The molecule has 38 valence electrons.